The summed E-state index contributed by atoms with van der Waals surface area (Å²) in [5, 5.41) is 0. The number of rotatable bonds is 4. The minimum Gasteiger partial charge on any atom is -0.497 e. The molecular formula is C17H14N2O3S2. The highest BCUT2D eigenvalue weighted by Crippen LogP contribution is 2.23. The summed E-state index contributed by atoms with van der Waals surface area (Å²) in [6.07, 6.45) is 5.43. The molecule has 122 valence electrons. The van der Waals surface area contributed by atoms with Gasteiger partial charge in [0.2, 0.25) is 4.80 Å². The minimum absolute atomic E-state index is 0.146. The van der Waals surface area contributed by atoms with Crippen molar-refractivity contribution in [3.05, 3.63) is 53.3 Å². The smallest absolute Gasteiger partial charge is 0.285 e. The Morgan fingerprint density at radius 2 is 2.00 bits per heavy atom. The molecule has 0 saturated carbocycles. The number of methoxy groups -OCH3 is 1. The highest BCUT2D eigenvalue weighted by molar-refractivity contribution is 7.90. The summed E-state index contributed by atoms with van der Waals surface area (Å²) in [6, 6.07) is 13.6. The first-order valence-electron chi connectivity index (χ1n) is 7.02. The normalized spacial score (nSPS) is 12.2. The lowest BCUT2D eigenvalue weighted by molar-refractivity contribution is 0.415. The summed E-state index contributed by atoms with van der Waals surface area (Å²) in [5.74, 6) is 3.23. The largest absolute Gasteiger partial charge is 0.497 e. The molecule has 0 aliphatic heterocycles. The van der Waals surface area contributed by atoms with Gasteiger partial charge < -0.3 is 9.30 Å². The van der Waals surface area contributed by atoms with E-state index in [0.29, 0.717) is 10.6 Å². The predicted octanol–water partition coefficient (Wildman–Crippen LogP) is 2.63. The second kappa shape index (κ2) is 6.51. The quantitative estimate of drug-likeness (QED) is 0.674. The molecular weight excluding hydrogens is 344 g/mol. The van der Waals surface area contributed by atoms with Gasteiger partial charge in [-0.15, -0.1) is 10.8 Å². The topological polar surface area (TPSA) is 60.7 Å². The van der Waals surface area contributed by atoms with Gasteiger partial charge in [0.25, 0.3) is 10.0 Å². The van der Waals surface area contributed by atoms with Gasteiger partial charge in [0.05, 0.1) is 28.8 Å². The molecule has 2 aromatic carbocycles. The molecule has 0 radical (unpaired) electrons. The van der Waals surface area contributed by atoms with Crippen molar-refractivity contribution in [1.82, 2.24) is 4.57 Å². The van der Waals surface area contributed by atoms with E-state index in [2.05, 4.69) is 10.3 Å². The molecule has 1 aromatic heterocycles. The van der Waals surface area contributed by atoms with E-state index >= 15 is 0 Å². The Bertz CT molecular complexity index is 1090. The van der Waals surface area contributed by atoms with Crippen LogP contribution < -0.4 is 9.54 Å². The number of benzene rings is 2. The van der Waals surface area contributed by atoms with Gasteiger partial charge in [0.15, 0.2) is 0 Å². The molecule has 0 aliphatic carbocycles. The number of hydrogen-bond acceptors (Lipinski definition) is 4. The Morgan fingerprint density at radius 3 is 2.67 bits per heavy atom. The monoisotopic (exact) mass is 358 g/mol. The van der Waals surface area contributed by atoms with E-state index in [4.69, 9.17) is 11.2 Å². The van der Waals surface area contributed by atoms with Crippen LogP contribution in [0.2, 0.25) is 0 Å². The first kappa shape index (κ1) is 16.3. The number of terminal acetylenes is 1. The van der Waals surface area contributed by atoms with Gasteiger partial charge in [-0.3, -0.25) is 0 Å². The Hall–Kier alpha value is -2.56. The third kappa shape index (κ3) is 3.07. The lowest BCUT2D eigenvalue weighted by atomic mass is 10.3. The van der Waals surface area contributed by atoms with Crippen LogP contribution in [0.5, 0.6) is 5.75 Å². The fourth-order valence-electron chi connectivity index (χ4n) is 2.24. The molecule has 0 aliphatic rings. The molecule has 5 nitrogen and oxygen atoms in total. The van der Waals surface area contributed by atoms with Gasteiger partial charge in [0.1, 0.15) is 5.75 Å². The van der Waals surface area contributed by atoms with Crippen LogP contribution in [-0.2, 0) is 16.6 Å². The van der Waals surface area contributed by atoms with Crippen molar-refractivity contribution < 1.29 is 13.2 Å². The molecule has 0 unspecified atom stereocenters. The lowest BCUT2D eigenvalue weighted by Gasteiger charge is -2.02. The number of aromatic nitrogens is 1. The average Bonchev–Trinajstić information content (AvgIpc) is 2.92. The molecule has 3 aromatic rings. The average molecular weight is 358 g/mol. The zero-order chi connectivity index (χ0) is 17.2. The molecule has 0 N–H and O–H groups in total. The van der Waals surface area contributed by atoms with Gasteiger partial charge in [-0.1, -0.05) is 35.5 Å². The molecule has 24 heavy (non-hydrogen) atoms. The maximum Gasteiger partial charge on any atom is 0.285 e. The molecule has 1 heterocycles. The molecule has 0 atom stereocenters. The summed E-state index contributed by atoms with van der Waals surface area (Å²) in [7, 11) is -2.22. The molecule has 0 bridgehead atoms. The lowest BCUT2D eigenvalue weighted by Crippen LogP contribution is -2.16. The Balaban J connectivity index is 2.25. The summed E-state index contributed by atoms with van der Waals surface area (Å²) in [4.78, 5) is 0.479. The van der Waals surface area contributed by atoms with Crippen molar-refractivity contribution in [3.8, 4) is 18.1 Å². The SMILES string of the molecule is C#CCn1/c(=N/S(=O)(=O)c2ccccc2)sc2cc(OC)ccc21. The van der Waals surface area contributed by atoms with Crippen molar-refractivity contribution >= 4 is 31.6 Å². The highest BCUT2D eigenvalue weighted by atomic mass is 32.2. The zero-order valence-electron chi connectivity index (χ0n) is 12.8. The number of fused-ring (bicyclic) bond motifs is 1. The fourth-order valence-corrected chi connectivity index (χ4v) is 4.52. The maximum absolute atomic E-state index is 12.5. The number of ether oxygens (including phenoxy) is 1. The van der Waals surface area contributed by atoms with E-state index in [-0.39, 0.29) is 11.4 Å². The van der Waals surface area contributed by atoms with Crippen LogP contribution in [0.4, 0.5) is 0 Å². The fraction of sp³-hybridized carbons (Fsp3) is 0.118. The zero-order valence-corrected chi connectivity index (χ0v) is 14.5. The van der Waals surface area contributed by atoms with E-state index < -0.39 is 10.0 Å². The molecule has 7 heteroatoms. The van der Waals surface area contributed by atoms with Gasteiger partial charge in [-0.05, 0) is 30.3 Å². The van der Waals surface area contributed by atoms with E-state index in [1.807, 2.05) is 12.1 Å². The first-order chi connectivity index (χ1) is 11.5. The second-order valence-electron chi connectivity index (χ2n) is 4.89. The van der Waals surface area contributed by atoms with Crippen LogP contribution in [-0.4, -0.2) is 20.1 Å². The number of nitrogens with zero attached hydrogens (tertiary/aromatic N) is 2. The number of sulfonamides is 1. The van der Waals surface area contributed by atoms with Gasteiger partial charge in [0, 0.05) is 0 Å². The van der Waals surface area contributed by atoms with Crippen molar-refractivity contribution in [1.29, 1.82) is 0 Å². The van der Waals surface area contributed by atoms with Crippen LogP contribution >= 0.6 is 11.3 Å². The number of hydrogen-bond donors (Lipinski definition) is 0. The minimum atomic E-state index is -3.80. The molecule has 0 fully saturated rings. The first-order valence-corrected chi connectivity index (χ1v) is 9.28. The highest BCUT2D eigenvalue weighted by Gasteiger charge is 2.14. The summed E-state index contributed by atoms with van der Waals surface area (Å²) in [6.45, 7) is 0.232. The molecule has 0 saturated heterocycles. The van der Waals surface area contributed by atoms with E-state index in [0.717, 1.165) is 10.2 Å². The van der Waals surface area contributed by atoms with Crippen LogP contribution in [0.3, 0.4) is 0 Å². The predicted molar refractivity (Wildman–Crippen MR) is 94.4 cm³/mol. The molecule has 3 rings (SSSR count). The molecule has 0 spiro atoms. The summed E-state index contributed by atoms with van der Waals surface area (Å²) < 4.78 is 36.8. The summed E-state index contributed by atoms with van der Waals surface area (Å²) in [5.41, 5.74) is 0.820. The third-order valence-electron chi connectivity index (χ3n) is 3.38. The standard InChI is InChI=1S/C17H14N2O3S2/c1-3-11-19-15-10-9-13(22-2)12-16(15)23-17(19)18-24(20,21)14-7-5-4-6-8-14/h1,4-10,12H,11H2,2H3/b18-17-. The number of thiazole rings is 1. The van der Waals surface area contributed by atoms with Crippen LogP contribution in [0.25, 0.3) is 10.2 Å². The van der Waals surface area contributed by atoms with Crippen LogP contribution in [0.15, 0.2) is 57.8 Å². The van der Waals surface area contributed by atoms with E-state index in [1.165, 1.54) is 23.5 Å². The van der Waals surface area contributed by atoms with Crippen LogP contribution in [0, 0.1) is 12.3 Å². The van der Waals surface area contributed by atoms with Crippen molar-refractivity contribution in [2.45, 2.75) is 11.4 Å². The third-order valence-corrected chi connectivity index (χ3v) is 5.82. The Labute approximate surface area is 143 Å². The molecule has 0 amide bonds. The van der Waals surface area contributed by atoms with Crippen LogP contribution in [0.1, 0.15) is 0 Å². The Morgan fingerprint density at radius 1 is 1.25 bits per heavy atom. The van der Waals surface area contributed by atoms with Crippen molar-refractivity contribution in [3.63, 3.8) is 0 Å². The van der Waals surface area contributed by atoms with Gasteiger partial charge in [-0.2, -0.15) is 8.42 Å². The summed E-state index contributed by atoms with van der Waals surface area (Å²) >= 11 is 1.26. The van der Waals surface area contributed by atoms with E-state index in [9.17, 15) is 8.42 Å². The van der Waals surface area contributed by atoms with Crippen molar-refractivity contribution in [2.75, 3.05) is 7.11 Å². The maximum atomic E-state index is 12.5. The van der Waals surface area contributed by atoms with E-state index in [1.54, 1.807) is 35.9 Å². The Kier molecular flexibility index (Phi) is 4.42. The van der Waals surface area contributed by atoms with Crippen molar-refractivity contribution in [2.24, 2.45) is 4.40 Å². The van der Waals surface area contributed by atoms with Gasteiger partial charge in [-0.25, -0.2) is 0 Å². The second-order valence-corrected chi connectivity index (χ2v) is 7.50. The van der Waals surface area contributed by atoms with Gasteiger partial charge >= 0.3 is 0 Å².